The van der Waals surface area contributed by atoms with E-state index in [1.54, 1.807) is 0 Å². The van der Waals surface area contributed by atoms with Crippen molar-refractivity contribution in [3.8, 4) is 5.75 Å². The number of para-hydroxylation sites is 1. The number of nitrogens with one attached hydrogen (secondary N) is 1. The smallest absolute Gasteiger partial charge is 0.257 e. The minimum atomic E-state index is -3.49. The van der Waals surface area contributed by atoms with Crippen molar-refractivity contribution in [3.05, 3.63) is 71.2 Å². The molecule has 1 N–H and O–H groups in total. The number of rotatable bonds is 7. The Bertz CT molecular complexity index is 1110. The van der Waals surface area contributed by atoms with E-state index in [4.69, 9.17) is 4.74 Å². The molecule has 2 aromatic carbocycles. The zero-order chi connectivity index (χ0) is 21.0. The zero-order valence-corrected chi connectivity index (χ0v) is 17.8. The molecule has 1 aromatic heterocycles. The van der Waals surface area contributed by atoms with Crippen LogP contribution in [0.1, 0.15) is 28.9 Å². The fourth-order valence-electron chi connectivity index (χ4n) is 3.13. The normalized spacial score (nSPS) is 14.5. The van der Waals surface area contributed by atoms with Crippen LogP contribution in [0.25, 0.3) is 0 Å². The summed E-state index contributed by atoms with van der Waals surface area (Å²) in [6.07, 6.45) is 1.76. The second-order valence-electron chi connectivity index (χ2n) is 6.84. The molecule has 7 nitrogen and oxygen atoms in total. The molecule has 0 aliphatic carbocycles. The molecule has 0 bridgehead atoms. The molecule has 4 rings (SSSR count). The molecule has 1 aliphatic heterocycles. The number of hydrogen-bond acceptors (Lipinski definition) is 6. The van der Waals surface area contributed by atoms with E-state index < -0.39 is 10.0 Å². The van der Waals surface area contributed by atoms with E-state index >= 15 is 0 Å². The van der Waals surface area contributed by atoms with Crippen molar-refractivity contribution in [3.63, 3.8) is 0 Å². The molecule has 1 saturated heterocycles. The molecule has 0 atom stereocenters. The first-order valence-corrected chi connectivity index (χ1v) is 11.9. The van der Waals surface area contributed by atoms with Crippen molar-refractivity contribution in [2.45, 2.75) is 24.3 Å². The van der Waals surface area contributed by atoms with Crippen LogP contribution in [-0.4, -0.2) is 36.7 Å². The highest BCUT2D eigenvalue weighted by molar-refractivity contribution is 7.89. The van der Waals surface area contributed by atoms with Crippen LogP contribution in [0.2, 0.25) is 0 Å². The van der Waals surface area contributed by atoms with E-state index in [0.717, 1.165) is 18.6 Å². The van der Waals surface area contributed by atoms with Gasteiger partial charge in [-0.2, -0.15) is 4.31 Å². The molecule has 1 fully saturated rings. The highest BCUT2D eigenvalue weighted by Crippen LogP contribution is 2.22. The molecule has 30 heavy (non-hydrogen) atoms. The molecule has 0 saturated carbocycles. The summed E-state index contributed by atoms with van der Waals surface area (Å²) in [6, 6.07) is 15.4. The number of thiazole rings is 1. The molecule has 2 heterocycles. The van der Waals surface area contributed by atoms with Gasteiger partial charge in [-0.15, -0.1) is 11.3 Å². The highest BCUT2D eigenvalue weighted by atomic mass is 32.2. The second kappa shape index (κ2) is 8.95. The molecule has 0 unspecified atom stereocenters. The fourth-order valence-corrected chi connectivity index (χ4v) is 5.34. The summed E-state index contributed by atoms with van der Waals surface area (Å²) in [7, 11) is -3.49. The lowest BCUT2D eigenvalue weighted by molar-refractivity contribution is 0.102. The van der Waals surface area contributed by atoms with Crippen LogP contribution in [0.5, 0.6) is 5.75 Å². The van der Waals surface area contributed by atoms with Gasteiger partial charge in [-0.3, -0.25) is 10.1 Å². The molecule has 1 amide bonds. The second-order valence-corrected chi connectivity index (χ2v) is 9.63. The molecule has 9 heteroatoms. The number of hydrogen-bond donors (Lipinski definition) is 1. The molecule has 0 radical (unpaired) electrons. The third-order valence-electron chi connectivity index (χ3n) is 4.72. The number of amides is 1. The van der Waals surface area contributed by atoms with Crippen molar-refractivity contribution in [2.24, 2.45) is 0 Å². The third-order valence-corrected chi connectivity index (χ3v) is 7.44. The van der Waals surface area contributed by atoms with Gasteiger partial charge in [0.15, 0.2) is 5.13 Å². The van der Waals surface area contributed by atoms with Crippen molar-refractivity contribution >= 4 is 32.4 Å². The first kappa shape index (κ1) is 20.5. The number of aromatic nitrogens is 1. The van der Waals surface area contributed by atoms with Crippen LogP contribution < -0.4 is 10.1 Å². The molecular formula is C21H21N3O4S2. The van der Waals surface area contributed by atoms with E-state index in [2.05, 4.69) is 10.3 Å². The Kier molecular flexibility index (Phi) is 6.12. The lowest BCUT2D eigenvalue weighted by Crippen LogP contribution is -2.27. The summed E-state index contributed by atoms with van der Waals surface area (Å²) in [5.74, 6) is 0.407. The highest BCUT2D eigenvalue weighted by Gasteiger charge is 2.27. The largest absolute Gasteiger partial charge is 0.487 e. The Hall–Kier alpha value is -2.75. The number of carbonyl (C=O) groups is 1. The van der Waals surface area contributed by atoms with Gasteiger partial charge in [-0.1, -0.05) is 18.2 Å². The molecule has 0 spiro atoms. The maximum atomic E-state index is 12.6. The van der Waals surface area contributed by atoms with Gasteiger partial charge in [0.25, 0.3) is 5.91 Å². The quantitative estimate of drug-likeness (QED) is 0.601. The number of carbonyl (C=O) groups excluding carboxylic acids is 1. The van der Waals surface area contributed by atoms with Gasteiger partial charge < -0.3 is 4.74 Å². The average molecular weight is 444 g/mol. The first-order valence-electron chi connectivity index (χ1n) is 9.56. The molecular weight excluding hydrogens is 422 g/mol. The summed E-state index contributed by atoms with van der Waals surface area (Å²) < 4.78 is 32.3. The predicted molar refractivity (Wildman–Crippen MR) is 115 cm³/mol. The first-order chi connectivity index (χ1) is 14.5. The molecule has 1 aliphatic rings. The Morgan fingerprint density at radius 1 is 1.07 bits per heavy atom. The summed E-state index contributed by atoms with van der Waals surface area (Å²) in [5.41, 5.74) is 1.08. The third kappa shape index (κ3) is 4.69. The summed E-state index contributed by atoms with van der Waals surface area (Å²) in [5, 5.41) is 5.03. The topological polar surface area (TPSA) is 88.6 Å². The lowest BCUT2D eigenvalue weighted by Gasteiger charge is -2.15. The van der Waals surface area contributed by atoms with Gasteiger partial charge >= 0.3 is 0 Å². The van der Waals surface area contributed by atoms with Crippen LogP contribution in [-0.2, 0) is 16.6 Å². The van der Waals surface area contributed by atoms with Crippen LogP contribution in [0.3, 0.4) is 0 Å². The van der Waals surface area contributed by atoms with Gasteiger partial charge in [-0.25, -0.2) is 13.4 Å². The monoisotopic (exact) mass is 443 g/mol. The summed E-state index contributed by atoms with van der Waals surface area (Å²) in [6.45, 7) is 1.40. The Morgan fingerprint density at radius 2 is 1.77 bits per heavy atom. The van der Waals surface area contributed by atoms with E-state index in [0.29, 0.717) is 36.1 Å². The minimum Gasteiger partial charge on any atom is -0.487 e. The van der Waals surface area contributed by atoms with E-state index in [9.17, 15) is 13.2 Å². The van der Waals surface area contributed by atoms with Gasteiger partial charge in [0.1, 0.15) is 12.4 Å². The van der Waals surface area contributed by atoms with Gasteiger partial charge in [0.2, 0.25) is 10.0 Å². The predicted octanol–water partition coefficient (Wildman–Crippen LogP) is 3.76. The number of nitrogens with zero attached hydrogens (tertiary/aromatic N) is 2. The van der Waals surface area contributed by atoms with Crippen LogP contribution in [0.4, 0.5) is 5.13 Å². The maximum absolute atomic E-state index is 12.6. The number of sulfonamides is 1. The Labute approximate surface area is 179 Å². The van der Waals surface area contributed by atoms with E-state index in [1.807, 2.05) is 35.7 Å². The lowest BCUT2D eigenvalue weighted by atomic mass is 10.2. The van der Waals surface area contributed by atoms with Crippen molar-refractivity contribution in [2.75, 3.05) is 18.4 Å². The maximum Gasteiger partial charge on any atom is 0.257 e. The van der Waals surface area contributed by atoms with Crippen LogP contribution in [0.15, 0.2) is 64.9 Å². The van der Waals surface area contributed by atoms with Gasteiger partial charge in [-0.05, 0) is 49.2 Å². The number of benzene rings is 2. The SMILES string of the molecule is O=C(Nc1nc(COc2ccccc2)cs1)c1ccc(S(=O)(=O)N2CCCC2)cc1. The standard InChI is InChI=1S/C21H21N3O4S2/c25-20(16-8-10-19(11-9-16)30(26,27)24-12-4-5-13-24)23-21-22-17(15-29-21)14-28-18-6-2-1-3-7-18/h1-3,6-11,15H,4-5,12-14H2,(H,22,23,25). The van der Waals surface area contributed by atoms with Gasteiger partial charge in [0, 0.05) is 24.0 Å². The Morgan fingerprint density at radius 3 is 2.47 bits per heavy atom. The van der Waals surface area contributed by atoms with Crippen molar-refractivity contribution in [1.29, 1.82) is 0 Å². The average Bonchev–Trinajstić information content (AvgIpc) is 3.46. The van der Waals surface area contributed by atoms with Crippen LogP contribution in [0, 0.1) is 0 Å². The number of ether oxygens (including phenoxy) is 1. The zero-order valence-electron chi connectivity index (χ0n) is 16.2. The van der Waals surface area contributed by atoms with Crippen molar-refractivity contribution in [1.82, 2.24) is 9.29 Å². The van der Waals surface area contributed by atoms with E-state index in [-0.39, 0.29) is 10.8 Å². The summed E-state index contributed by atoms with van der Waals surface area (Å²) >= 11 is 1.31. The Balaban J connectivity index is 1.36. The number of anilines is 1. The van der Waals surface area contributed by atoms with E-state index in [1.165, 1.54) is 39.9 Å². The van der Waals surface area contributed by atoms with Crippen LogP contribution >= 0.6 is 11.3 Å². The fraction of sp³-hybridized carbons (Fsp3) is 0.238. The molecule has 156 valence electrons. The van der Waals surface area contributed by atoms with Gasteiger partial charge in [0.05, 0.1) is 10.6 Å². The van der Waals surface area contributed by atoms with Crippen molar-refractivity contribution < 1.29 is 17.9 Å². The summed E-state index contributed by atoms with van der Waals surface area (Å²) in [4.78, 5) is 17.0. The molecule has 3 aromatic rings. The minimum absolute atomic E-state index is 0.204.